The van der Waals surface area contributed by atoms with Crippen molar-refractivity contribution < 1.29 is 13.2 Å². The van der Waals surface area contributed by atoms with Gasteiger partial charge in [0.05, 0.1) is 11.7 Å². The molecule has 5 heteroatoms. The Morgan fingerprint density at radius 1 is 1.11 bits per heavy atom. The molecule has 0 aliphatic rings. The van der Waals surface area contributed by atoms with Crippen molar-refractivity contribution in [2.24, 2.45) is 0 Å². The standard InChI is InChI=1S/C14H13F3N2/c1-8-5-6-9(15)11(12(8)17)14(18-2)13-10(16)4-3-7-19-13/h3-7,14,18H,1-2H3. The molecule has 0 saturated heterocycles. The third-order valence-corrected chi connectivity index (χ3v) is 2.96. The fraction of sp³-hybridized carbons (Fsp3) is 0.214. The minimum Gasteiger partial charge on any atom is -0.308 e. The van der Waals surface area contributed by atoms with Crippen LogP contribution in [0.5, 0.6) is 0 Å². The van der Waals surface area contributed by atoms with Crippen molar-refractivity contribution in [2.45, 2.75) is 13.0 Å². The van der Waals surface area contributed by atoms with Gasteiger partial charge in [0.1, 0.15) is 17.5 Å². The van der Waals surface area contributed by atoms with Crippen LogP contribution in [0.1, 0.15) is 22.9 Å². The van der Waals surface area contributed by atoms with Gasteiger partial charge >= 0.3 is 0 Å². The molecule has 1 aromatic carbocycles. The first kappa shape index (κ1) is 13.5. The Morgan fingerprint density at radius 2 is 1.84 bits per heavy atom. The van der Waals surface area contributed by atoms with Crippen molar-refractivity contribution in [3.63, 3.8) is 0 Å². The van der Waals surface area contributed by atoms with Gasteiger partial charge in [-0.25, -0.2) is 13.2 Å². The molecule has 19 heavy (non-hydrogen) atoms. The van der Waals surface area contributed by atoms with Crippen LogP contribution in [0.15, 0.2) is 30.5 Å². The summed E-state index contributed by atoms with van der Waals surface area (Å²) < 4.78 is 41.7. The summed E-state index contributed by atoms with van der Waals surface area (Å²) in [4.78, 5) is 3.87. The number of benzene rings is 1. The topological polar surface area (TPSA) is 24.9 Å². The van der Waals surface area contributed by atoms with Gasteiger partial charge in [0, 0.05) is 11.8 Å². The van der Waals surface area contributed by atoms with Gasteiger partial charge in [-0.1, -0.05) is 6.07 Å². The van der Waals surface area contributed by atoms with E-state index in [1.807, 2.05) is 0 Å². The highest BCUT2D eigenvalue weighted by Crippen LogP contribution is 2.28. The molecule has 0 spiro atoms. The van der Waals surface area contributed by atoms with E-state index in [-0.39, 0.29) is 11.3 Å². The molecular weight excluding hydrogens is 253 g/mol. The molecule has 2 nitrogen and oxygen atoms in total. The third-order valence-electron chi connectivity index (χ3n) is 2.96. The molecule has 0 bridgehead atoms. The minimum atomic E-state index is -0.971. The molecule has 0 radical (unpaired) electrons. The second-order valence-electron chi connectivity index (χ2n) is 4.18. The van der Waals surface area contributed by atoms with E-state index in [4.69, 9.17) is 0 Å². The largest absolute Gasteiger partial charge is 0.308 e. The van der Waals surface area contributed by atoms with Crippen molar-refractivity contribution in [1.29, 1.82) is 0 Å². The molecule has 0 aliphatic carbocycles. The van der Waals surface area contributed by atoms with Gasteiger partial charge in [-0.05, 0) is 37.7 Å². The van der Waals surface area contributed by atoms with E-state index in [0.29, 0.717) is 5.56 Å². The molecule has 100 valence electrons. The van der Waals surface area contributed by atoms with Gasteiger partial charge in [0.25, 0.3) is 0 Å². The highest BCUT2D eigenvalue weighted by atomic mass is 19.1. The summed E-state index contributed by atoms with van der Waals surface area (Å²) in [6, 6.07) is 4.17. The number of pyridine rings is 1. The zero-order valence-corrected chi connectivity index (χ0v) is 10.5. The van der Waals surface area contributed by atoms with E-state index < -0.39 is 23.5 Å². The van der Waals surface area contributed by atoms with Crippen LogP contribution < -0.4 is 5.32 Å². The Labute approximate surface area is 109 Å². The summed E-state index contributed by atoms with van der Waals surface area (Å²) in [5.41, 5.74) is 0.0430. The average Bonchev–Trinajstić information content (AvgIpc) is 2.40. The number of rotatable bonds is 3. The second-order valence-corrected chi connectivity index (χ2v) is 4.18. The maximum atomic E-state index is 14.1. The minimum absolute atomic E-state index is 0.0339. The molecule has 2 aromatic rings. The second kappa shape index (κ2) is 5.40. The molecule has 1 aromatic heterocycles. The average molecular weight is 266 g/mol. The Balaban J connectivity index is 2.61. The first-order valence-corrected chi connectivity index (χ1v) is 5.78. The molecule has 2 rings (SSSR count). The Hall–Kier alpha value is -1.88. The SMILES string of the molecule is CNC(c1ncccc1F)c1c(F)ccc(C)c1F. The van der Waals surface area contributed by atoms with E-state index in [1.54, 1.807) is 0 Å². The Bertz CT molecular complexity index is 599. The third kappa shape index (κ3) is 2.46. The van der Waals surface area contributed by atoms with E-state index >= 15 is 0 Å². The van der Waals surface area contributed by atoms with Gasteiger partial charge in [0.2, 0.25) is 0 Å². The van der Waals surface area contributed by atoms with Gasteiger partial charge < -0.3 is 5.32 Å². The van der Waals surface area contributed by atoms with Crippen LogP contribution >= 0.6 is 0 Å². The summed E-state index contributed by atoms with van der Waals surface area (Å²) in [7, 11) is 1.50. The smallest absolute Gasteiger partial charge is 0.146 e. The molecule has 0 fully saturated rings. The monoisotopic (exact) mass is 266 g/mol. The molecule has 0 amide bonds. The van der Waals surface area contributed by atoms with E-state index in [0.717, 1.165) is 0 Å². The van der Waals surface area contributed by atoms with Crippen molar-refractivity contribution in [1.82, 2.24) is 10.3 Å². The van der Waals surface area contributed by atoms with E-state index in [2.05, 4.69) is 10.3 Å². The Kier molecular flexibility index (Phi) is 3.85. The number of aryl methyl sites for hydroxylation is 1. The molecule has 1 unspecified atom stereocenters. The number of hydrogen-bond acceptors (Lipinski definition) is 2. The number of hydrogen-bond donors (Lipinski definition) is 1. The van der Waals surface area contributed by atoms with Crippen LogP contribution in [0.4, 0.5) is 13.2 Å². The lowest BCUT2D eigenvalue weighted by Gasteiger charge is -2.19. The first-order chi connectivity index (χ1) is 9.06. The van der Waals surface area contributed by atoms with E-state index in [1.165, 1.54) is 44.4 Å². The predicted molar refractivity (Wildman–Crippen MR) is 66.2 cm³/mol. The maximum absolute atomic E-state index is 14.1. The lowest BCUT2D eigenvalue weighted by molar-refractivity contribution is 0.496. The van der Waals surface area contributed by atoms with Crippen molar-refractivity contribution in [3.05, 3.63) is 64.7 Å². The highest BCUT2D eigenvalue weighted by Gasteiger charge is 2.25. The number of aromatic nitrogens is 1. The fourth-order valence-corrected chi connectivity index (χ4v) is 1.97. The summed E-state index contributed by atoms with van der Waals surface area (Å²) >= 11 is 0. The lowest BCUT2D eigenvalue weighted by atomic mass is 9.99. The lowest BCUT2D eigenvalue weighted by Crippen LogP contribution is -2.23. The van der Waals surface area contributed by atoms with Crippen LogP contribution in [0.2, 0.25) is 0 Å². The molecule has 1 atom stereocenters. The quantitative estimate of drug-likeness (QED) is 0.923. The Morgan fingerprint density at radius 3 is 2.47 bits per heavy atom. The van der Waals surface area contributed by atoms with Crippen LogP contribution in [-0.2, 0) is 0 Å². The normalized spacial score (nSPS) is 12.5. The van der Waals surface area contributed by atoms with Crippen LogP contribution in [0.3, 0.4) is 0 Å². The summed E-state index contributed by atoms with van der Waals surface area (Å²) in [5, 5.41) is 2.70. The van der Waals surface area contributed by atoms with Gasteiger partial charge in [-0.3, -0.25) is 4.98 Å². The summed E-state index contributed by atoms with van der Waals surface area (Å²) in [6.07, 6.45) is 1.38. The summed E-state index contributed by atoms with van der Waals surface area (Å²) in [6.45, 7) is 1.53. The van der Waals surface area contributed by atoms with Gasteiger partial charge in [0.15, 0.2) is 0 Å². The fourth-order valence-electron chi connectivity index (χ4n) is 1.97. The van der Waals surface area contributed by atoms with E-state index in [9.17, 15) is 13.2 Å². The highest BCUT2D eigenvalue weighted by molar-refractivity contribution is 5.34. The zero-order valence-electron chi connectivity index (χ0n) is 10.5. The number of nitrogens with one attached hydrogen (secondary N) is 1. The zero-order chi connectivity index (χ0) is 14.0. The van der Waals surface area contributed by atoms with Gasteiger partial charge in [-0.2, -0.15) is 0 Å². The molecule has 1 heterocycles. The number of nitrogens with zero attached hydrogens (tertiary/aromatic N) is 1. The molecule has 0 aliphatic heterocycles. The van der Waals surface area contributed by atoms with Crippen LogP contribution in [-0.4, -0.2) is 12.0 Å². The molecule has 1 N–H and O–H groups in total. The van der Waals surface area contributed by atoms with Gasteiger partial charge in [-0.15, -0.1) is 0 Å². The van der Waals surface area contributed by atoms with Crippen molar-refractivity contribution >= 4 is 0 Å². The predicted octanol–water partition coefficient (Wildman–Crippen LogP) is 3.12. The van der Waals surface area contributed by atoms with Crippen molar-refractivity contribution in [2.75, 3.05) is 7.05 Å². The molecule has 0 saturated carbocycles. The summed E-state index contributed by atoms with van der Waals surface area (Å²) in [5.74, 6) is -2.03. The first-order valence-electron chi connectivity index (χ1n) is 5.78. The van der Waals surface area contributed by atoms with Crippen LogP contribution in [0.25, 0.3) is 0 Å². The molecular formula is C14H13F3N2. The number of halogens is 3. The van der Waals surface area contributed by atoms with Crippen molar-refractivity contribution in [3.8, 4) is 0 Å². The maximum Gasteiger partial charge on any atom is 0.146 e. The van der Waals surface area contributed by atoms with Crippen LogP contribution in [0, 0.1) is 24.4 Å².